The van der Waals surface area contributed by atoms with Gasteiger partial charge in [-0.2, -0.15) is 0 Å². The van der Waals surface area contributed by atoms with Gasteiger partial charge in [0.15, 0.2) is 0 Å². The van der Waals surface area contributed by atoms with Crippen molar-refractivity contribution >= 4 is 22.7 Å². The van der Waals surface area contributed by atoms with Crippen LogP contribution in [-0.2, 0) is 0 Å². The number of rotatable bonds is 2. The summed E-state index contributed by atoms with van der Waals surface area (Å²) in [6, 6.07) is 8.91. The SMILES string of the molecule is O=C([O-])c1ccc2cc(C(=O)O)ccc2c1. The van der Waals surface area contributed by atoms with Crippen molar-refractivity contribution in [2.24, 2.45) is 0 Å². The second-order valence-corrected chi connectivity index (χ2v) is 3.37. The van der Waals surface area contributed by atoms with Crippen LogP contribution < -0.4 is 5.11 Å². The highest BCUT2D eigenvalue weighted by atomic mass is 16.4. The Kier molecular flexibility index (Phi) is 2.32. The molecule has 4 nitrogen and oxygen atoms in total. The predicted octanol–water partition coefficient (Wildman–Crippen LogP) is 0.901. The lowest BCUT2D eigenvalue weighted by molar-refractivity contribution is -0.255. The van der Waals surface area contributed by atoms with Gasteiger partial charge in [-0.25, -0.2) is 4.79 Å². The summed E-state index contributed by atoms with van der Waals surface area (Å²) in [5.41, 5.74) is 0.254. The van der Waals surface area contributed by atoms with Crippen LogP contribution in [0.2, 0.25) is 0 Å². The molecule has 16 heavy (non-hydrogen) atoms. The number of benzene rings is 2. The summed E-state index contributed by atoms with van der Waals surface area (Å²) in [7, 11) is 0. The summed E-state index contributed by atoms with van der Waals surface area (Å²) in [5.74, 6) is -2.25. The van der Waals surface area contributed by atoms with Crippen LogP contribution in [0.1, 0.15) is 20.7 Å². The second-order valence-electron chi connectivity index (χ2n) is 3.37. The number of aromatic carboxylic acids is 2. The molecule has 1 N–H and O–H groups in total. The standard InChI is InChI=1S/C12H8O4/c13-11(14)9-3-1-7-5-10(12(15)16)4-2-8(7)6-9/h1-6H,(H,13,14)(H,15,16)/p-1. The first-order valence-electron chi connectivity index (χ1n) is 4.56. The van der Waals surface area contributed by atoms with Crippen LogP contribution in [0, 0.1) is 0 Å². The van der Waals surface area contributed by atoms with Crippen LogP contribution in [0.4, 0.5) is 0 Å². The Hall–Kier alpha value is -2.36. The summed E-state index contributed by atoms with van der Waals surface area (Å²) >= 11 is 0. The molecule has 0 saturated carbocycles. The van der Waals surface area contributed by atoms with Crippen molar-refractivity contribution in [3.05, 3.63) is 47.5 Å². The quantitative estimate of drug-likeness (QED) is 0.807. The van der Waals surface area contributed by atoms with Crippen molar-refractivity contribution < 1.29 is 19.8 Å². The van der Waals surface area contributed by atoms with Crippen LogP contribution in [0.15, 0.2) is 36.4 Å². The Morgan fingerprint density at radius 3 is 1.94 bits per heavy atom. The molecule has 0 amide bonds. The number of carboxylic acid groups (broad SMARTS) is 2. The van der Waals surface area contributed by atoms with Crippen LogP contribution in [-0.4, -0.2) is 17.0 Å². The second kappa shape index (κ2) is 3.66. The minimum absolute atomic E-state index is 0.0792. The molecule has 0 spiro atoms. The van der Waals surface area contributed by atoms with E-state index >= 15 is 0 Å². The van der Waals surface area contributed by atoms with Crippen LogP contribution >= 0.6 is 0 Å². The molecule has 2 rings (SSSR count). The van der Waals surface area contributed by atoms with Crippen molar-refractivity contribution in [1.29, 1.82) is 0 Å². The van der Waals surface area contributed by atoms with Gasteiger partial charge in [-0.3, -0.25) is 0 Å². The number of fused-ring (bicyclic) bond motifs is 1. The van der Waals surface area contributed by atoms with E-state index in [1.54, 1.807) is 12.1 Å². The van der Waals surface area contributed by atoms with E-state index in [0.717, 1.165) is 0 Å². The van der Waals surface area contributed by atoms with E-state index < -0.39 is 11.9 Å². The minimum Gasteiger partial charge on any atom is -0.545 e. The molecule has 80 valence electrons. The van der Waals surface area contributed by atoms with Crippen LogP contribution in [0.25, 0.3) is 10.8 Å². The number of hydrogen-bond acceptors (Lipinski definition) is 3. The highest BCUT2D eigenvalue weighted by Crippen LogP contribution is 2.17. The largest absolute Gasteiger partial charge is 0.545 e. The molecule has 0 fully saturated rings. The molecule has 2 aromatic rings. The molecule has 0 aliphatic heterocycles. The Morgan fingerprint density at radius 2 is 1.44 bits per heavy atom. The number of hydrogen-bond donors (Lipinski definition) is 1. The fourth-order valence-corrected chi connectivity index (χ4v) is 1.51. The monoisotopic (exact) mass is 215 g/mol. The molecular weight excluding hydrogens is 208 g/mol. The van der Waals surface area contributed by atoms with E-state index in [9.17, 15) is 14.7 Å². The van der Waals surface area contributed by atoms with Gasteiger partial charge in [-0.1, -0.05) is 18.2 Å². The molecular formula is C12H7O4-. The first-order chi connectivity index (χ1) is 7.58. The molecule has 0 aromatic heterocycles. The van der Waals surface area contributed by atoms with E-state index in [-0.39, 0.29) is 11.1 Å². The van der Waals surface area contributed by atoms with Gasteiger partial charge in [0.25, 0.3) is 0 Å². The summed E-state index contributed by atoms with van der Waals surface area (Å²) in [6.07, 6.45) is 0. The van der Waals surface area contributed by atoms with Crippen molar-refractivity contribution in [2.75, 3.05) is 0 Å². The maximum Gasteiger partial charge on any atom is 0.335 e. The lowest BCUT2D eigenvalue weighted by atomic mass is 10.0. The van der Waals surface area contributed by atoms with E-state index in [1.807, 2.05) is 0 Å². The summed E-state index contributed by atoms with van der Waals surface area (Å²) in [5, 5.41) is 20.8. The minimum atomic E-state index is -1.25. The van der Waals surface area contributed by atoms with Gasteiger partial charge in [0, 0.05) is 0 Å². The first kappa shape index (κ1) is 10.2. The average Bonchev–Trinajstić information content (AvgIpc) is 2.27. The normalized spacial score (nSPS) is 10.2. The Morgan fingerprint density at radius 1 is 0.938 bits per heavy atom. The summed E-state index contributed by atoms with van der Waals surface area (Å²) < 4.78 is 0. The Bertz CT molecular complexity index is 533. The molecule has 0 aliphatic rings. The van der Waals surface area contributed by atoms with E-state index in [0.29, 0.717) is 10.8 Å². The zero-order valence-corrected chi connectivity index (χ0v) is 8.14. The van der Waals surface area contributed by atoms with Gasteiger partial charge >= 0.3 is 5.97 Å². The van der Waals surface area contributed by atoms with Gasteiger partial charge in [0.1, 0.15) is 0 Å². The molecule has 0 bridgehead atoms. The van der Waals surface area contributed by atoms with Gasteiger partial charge in [-0.05, 0) is 34.5 Å². The topological polar surface area (TPSA) is 77.4 Å². The number of carbonyl (C=O) groups excluding carboxylic acids is 1. The average molecular weight is 215 g/mol. The lowest BCUT2D eigenvalue weighted by Gasteiger charge is -2.04. The lowest BCUT2D eigenvalue weighted by Crippen LogP contribution is -2.21. The molecule has 0 unspecified atom stereocenters. The van der Waals surface area contributed by atoms with Crippen molar-refractivity contribution in [2.45, 2.75) is 0 Å². The van der Waals surface area contributed by atoms with Crippen molar-refractivity contribution in [1.82, 2.24) is 0 Å². The van der Waals surface area contributed by atoms with Gasteiger partial charge in [0.05, 0.1) is 11.5 Å². The predicted molar refractivity (Wildman–Crippen MR) is 55.2 cm³/mol. The molecule has 0 heterocycles. The third-order valence-electron chi connectivity index (χ3n) is 2.32. The zero-order chi connectivity index (χ0) is 11.7. The Balaban J connectivity index is 2.61. The fraction of sp³-hybridized carbons (Fsp3) is 0. The smallest absolute Gasteiger partial charge is 0.335 e. The van der Waals surface area contributed by atoms with Gasteiger partial charge < -0.3 is 15.0 Å². The fourth-order valence-electron chi connectivity index (χ4n) is 1.51. The molecule has 0 aliphatic carbocycles. The van der Waals surface area contributed by atoms with Crippen molar-refractivity contribution in [3.63, 3.8) is 0 Å². The highest BCUT2D eigenvalue weighted by Gasteiger charge is 2.04. The summed E-state index contributed by atoms with van der Waals surface area (Å²) in [4.78, 5) is 21.3. The number of carboxylic acids is 2. The number of carbonyl (C=O) groups is 2. The van der Waals surface area contributed by atoms with E-state index in [2.05, 4.69) is 0 Å². The third-order valence-corrected chi connectivity index (χ3v) is 2.32. The maximum atomic E-state index is 10.7. The van der Waals surface area contributed by atoms with Crippen LogP contribution in [0.3, 0.4) is 0 Å². The van der Waals surface area contributed by atoms with Gasteiger partial charge in [-0.15, -0.1) is 0 Å². The summed E-state index contributed by atoms with van der Waals surface area (Å²) in [6.45, 7) is 0. The maximum absolute atomic E-state index is 10.7. The molecule has 0 radical (unpaired) electrons. The first-order valence-corrected chi connectivity index (χ1v) is 4.56. The van der Waals surface area contributed by atoms with E-state index in [4.69, 9.17) is 5.11 Å². The van der Waals surface area contributed by atoms with Crippen molar-refractivity contribution in [3.8, 4) is 0 Å². The highest BCUT2D eigenvalue weighted by molar-refractivity contribution is 5.97. The van der Waals surface area contributed by atoms with Crippen LogP contribution in [0.5, 0.6) is 0 Å². The molecule has 2 aromatic carbocycles. The molecule has 0 saturated heterocycles. The van der Waals surface area contributed by atoms with Gasteiger partial charge in [0.2, 0.25) is 0 Å². The Labute approximate surface area is 90.8 Å². The molecule has 0 atom stereocenters. The molecule has 4 heteroatoms. The third kappa shape index (κ3) is 1.72. The zero-order valence-electron chi connectivity index (χ0n) is 8.14. The van der Waals surface area contributed by atoms with E-state index in [1.165, 1.54) is 24.3 Å².